The van der Waals surface area contributed by atoms with E-state index in [0.29, 0.717) is 13.0 Å². The van der Waals surface area contributed by atoms with E-state index in [4.69, 9.17) is 5.73 Å². The van der Waals surface area contributed by atoms with Crippen molar-refractivity contribution in [3.05, 3.63) is 0 Å². The minimum atomic E-state index is -4.10. The van der Waals surface area contributed by atoms with Gasteiger partial charge in [-0.2, -0.15) is 13.2 Å². The molecule has 1 heterocycles. The molecule has 1 aliphatic heterocycles. The SMILES string of the molecule is CN1C[C@H](N)CC[C@@H]1C(F)(F)F. The van der Waals surface area contributed by atoms with Gasteiger partial charge >= 0.3 is 6.18 Å². The number of likely N-dealkylation sites (tertiary alicyclic amines) is 1. The third-order valence-electron chi connectivity index (χ3n) is 2.24. The summed E-state index contributed by atoms with van der Waals surface area (Å²) in [5.41, 5.74) is 5.52. The van der Waals surface area contributed by atoms with E-state index < -0.39 is 12.2 Å². The molecule has 0 radical (unpaired) electrons. The molecule has 5 heteroatoms. The molecule has 0 saturated carbocycles. The van der Waals surface area contributed by atoms with Crippen LogP contribution in [0.3, 0.4) is 0 Å². The topological polar surface area (TPSA) is 29.3 Å². The standard InChI is InChI=1S/C7H13F3N2/c1-12-4-5(11)2-3-6(12)7(8,9)10/h5-6H,2-4,11H2,1H3/t5-,6-/m1/s1. The van der Waals surface area contributed by atoms with Crippen molar-refractivity contribution in [3.8, 4) is 0 Å². The Morgan fingerprint density at radius 1 is 1.33 bits per heavy atom. The molecule has 0 aromatic rings. The predicted molar refractivity (Wildman–Crippen MR) is 39.7 cm³/mol. The smallest absolute Gasteiger partial charge is 0.327 e. The Balaban J connectivity index is 2.57. The van der Waals surface area contributed by atoms with Crippen molar-refractivity contribution in [2.24, 2.45) is 5.73 Å². The van der Waals surface area contributed by atoms with Gasteiger partial charge in [-0.3, -0.25) is 4.90 Å². The molecule has 2 N–H and O–H groups in total. The minimum Gasteiger partial charge on any atom is -0.327 e. The highest BCUT2D eigenvalue weighted by Gasteiger charge is 2.44. The van der Waals surface area contributed by atoms with Gasteiger partial charge in [-0.1, -0.05) is 0 Å². The zero-order valence-electron chi connectivity index (χ0n) is 6.93. The molecule has 1 aliphatic rings. The third kappa shape index (κ3) is 2.10. The molecule has 0 aliphatic carbocycles. The number of hydrogen-bond donors (Lipinski definition) is 1. The van der Waals surface area contributed by atoms with Crippen LogP contribution in [0.1, 0.15) is 12.8 Å². The molecule has 1 rings (SSSR count). The summed E-state index contributed by atoms with van der Waals surface area (Å²) in [5.74, 6) is 0. The van der Waals surface area contributed by atoms with Crippen LogP contribution in [0.25, 0.3) is 0 Å². The summed E-state index contributed by atoms with van der Waals surface area (Å²) >= 11 is 0. The van der Waals surface area contributed by atoms with Crippen LogP contribution in [0.5, 0.6) is 0 Å². The Kier molecular flexibility index (Phi) is 2.63. The van der Waals surface area contributed by atoms with E-state index in [0.717, 1.165) is 0 Å². The highest BCUT2D eigenvalue weighted by Crippen LogP contribution is 2.30. The molecule has 2 atom stereocenters. The largest absolute Gasteiger partial charge is 0.404 e. The van der Waals surface area contributed by atoms with Crippen LogP contribution in [-0.4, -0.2) is 36.8 Å². The number of piperidine rings is 1. The zero-order valence-corrected chi connectivity index (χ0v) is 6.93. The molecular formula is C7H13F3N2. The summed E-state index contributed by atoms with van der Waals surface area (Å²) in [7, 11) is 1.47. The first-order valence-electron chi connectivity index (χ1n) is 3.94. The molecule has 72 valence electrons. The van der Waals surface area contributed by atoms with Crippen molar-refractivity contribution in [2.75, 3.05) is 13.6 Å². The Labute approximate surface area is 69.5 Å². The highest BCUT2D eigenvalue weighted by atomic mass is 19.4. The second-order valence-electron chi connectivity index (χ2n) is 3.33. The van der Waals surface area contributed by atoms with E-state index >= 15 is 0 Å². The molecule has 0 unspecified atom stereocenters. The summed E-state index contributed by atoms with van der Waals surface area (Å²) in [6.45, 7) is 0.337. The monoisotopic (exact) mass is 182 g/mol. The summed E-state index contributed by atoms with van der Waals surface area (Å²) in [4.78, 5) is 1.29. The first-order chi connectivity index (χ1) is 5.41. The van der Waals surface area contributed by atoms with Gasteiger partial charge < -0.3 is 5.73 Å². The maximum Gasteiger partial charge on any atom is 0.404 e. The maximum absolute atomic E-state index is 12.2. The van der Waals surface area contributed by atoms with E-state index in [1.54, 1.807) is 0 Å². The van der Waals surface area contributed by atoms with Crippen molar-refractivity contribution in [2.45, 2.75) is 31.1 Å². The fourth-order valence-electron chi connectivity index (χ4n) is 1.59. The van der Waals surface area contributed by atoms with Crippen molar-refractivity contribution in [1.29, 1.82) is 0 Å². The molecule has 0 spiro atoms. The molecule has 2 nitrogen and oxygen atoms in total. The lowest BCUT2D eigenvalue weighted by Crippen LogP contribution is -2.52. The molecule has 0 amide bonds. The van der Waals surface area contributed by atoms with Gasteiger partial charge in [0, 0.05) is 12.6 Å². The summed E-state index contributed by atoms with van der Waals surface area (Å²) < 4.78 is 36.7. The number of likely N-dealkylation sites (N-methyl/N-ethyl adjacent to an activating group) is 1. The van der Waals surface area contributed by atoms with Crippen LogP contribution in [-0.2, 0) is 0 Å². The van der Waals surface area contributed by atoms with E-state index in [-0.39, 0.29) is 12.5 Å². The normalized spacial score (nSPS) is 33.8. The molecule has 12 heavy (non-hydrogen) atoms. The third-order valence-corrected chi connectivity index (χ3v) is 2.24. The van der Waals surface area contributed by atoms with Crippen LogP contribution in [0.4, 0.5) is 13.2 Å². The average Bonchev–Trinajstić information content (AvgIpc) is 1.83. The van der Waals surface area contributed by atoms with E-state index in [1.807, 2.05) is 0 Å². The number of rotatable bonds is 0. The van der Waals surface area contributed by atoms with Crippen LogP contribution < -0.4 is 5.73 Å². The lowest BCUT2D eigenvalue weighted by atomic mass is 9.99. The Morgan fingerprint density at radius 3 is 2.33 bits per heavy atom. The molecule has 0 aromatic heterocycles. The van der Waals surface area contributed by atoms with Gasteiger partial charge in [0.2, 0.25) is 0 Å². The number of nitrogens with two attached hydrogens (primary N) is 1. The van der Waals surface area contributed by atoms with Gasteiger partial charge in [0.05, 0.1) is 0 Å². The average molecular weight is 182 g/mol. The van der Waals surface area contributed by atoms with Crippen molar-refractivity contribution >= 4 is 0 Å². The van der Waals surface area contributed by atoms with Crippen molar-refractivity contribution in [3.63, 3.8) is 0 Å². The first kappa shape index (κ1) is 9.80. The van der Waals surface area contributed by atoms with Crippen LogP contribution in [0.15, 0.2) is 0 Å². The molecule has 1 fully saturated rings. The van der Waals surface area contributed by atoms with E-state index in [1.165, 1.54) is 11.9 Å². The van der Waals surface area contributed by atoms with Crippen LogP contribution >= 0.6 is 0 Å². The number of nitrogens with zero attached hydrogens (tertiary/aromatic N) is 1. The Hall–Kier alpha value is -0.290. The summed E-state index contributed by atoms with van der Waals surface area (Å²) in [6.07, 6.45) is -3.51. The number of alkyl halides is 3. The van der Waals surface area contributed by atoms with E-state index in [9.17, 15) is 13.2 Å². The summed E-state index contributed by atoms with van der Waals surface area (Å²) in [5, 5.41) is 0. The lowest BCUT2D eigenvalue weighted by molar-refractivity contribution is -0.188. The van der Waals surface area contributed by atoms with Crippen LogP contribution in [0, 0.1) is 0 Å². The van der Waals surface area contributed by atoms with Gasteiger partial charge in [-0.15, -0.1) is 0 Å². The van der Waals surface area contributed by atoms with Gasteiger partial charge in [-0.05, 0) is 19.9 Å². The van der Waals surface area contributed by atoms with Gasteiger partial charge in [-0.25, -0.2) is 0 Å². The fraction of sp³-hybridized carbons (Fsp3) is 1.00. The van der Waals surface area contributed by atoms with Crippen LogP contribution in [0.2, 0.25) is 0 Å². The van der Waals surface area contributed by atoms with E-state index in [2.05, 4.69) is 0 Å². The first-order valence-corrected chi connectivity index (χ1v) is 3.94. The molecule has 1 saturated heterocycles. The van der Waals surface area contributed by atoms with Gasteiger partial charge in [0.25, 0.3) is 0 Å². The van der Waals surface area contributed by atoms with Gasteiger partial charge in [0.15, 0.2) is 0 Å². The number of hydrogen-bond acceptors (Lipinski definition) is 2. The van der Waals surface area contributed by atoms with Crippen molar-refractivity contribution < 1.29 is 13.2 Å². The molecule has 0 bridgehead atoms. The second kappa shape index (κ2) is 3.22. The lowest BCUT2D eigenvalue weighted by Gasteiger charge is -2.36. The zero-order chi connectivity index (χ0) is 9.35. The minimum absolute atomic E-state index is 0.103. The Morgan fingerprint density at radius 2 is 1.92 bits per heavy atom. The number of halogens is 3. The van der Waals surface area contributed by atoms with Gasteiger partial charge in [0.1, 0.15) is 6.04 Å². The summed E-state index contributed by atoms with van der Waals surface area (Å²) in [6, 6.07) is -1.40. The molecular weight excluding hydrogens is 169 g/mol. The quantitative estimate of drug-likeness (QED) is 0.604. The fourth-order valence-corrected chi connectivity index (χ4v) is 1.59. The Bertz CT molecular complexity index is 157. The highest BCUT2D eigenvalue weighted by molar-refractivity contribution is 4.85. The van der Waals surface area contributed by atoms with Crippen molar-refractivity contribution in [1.82, 2.24) is 4.90 Å². The second-order valence-corrected chi connectivity index (χ2v) is 3.33. The maximum atomic E-state index is 12.2. The molecule has 0 aromatic carbocycles. The predicted octanol–water partition coefficient (Wildman–Crippen LogP) is 0.970.